The third kappa shape index (κ3) is 3.86. The molecule has 5 rings (SSSR count). The fourth-order valence-corrected chi connectivity index (χ4v) is 4.78. The van der Waals surface area contributed by atoms with Crippen LogP contribution in [0.15, 0.2) is 60.4 Å². The largest absolute Gasteiger partial charge is 0.329 e. The van der Waals surface area contributed by atoms with Gasteiger partial charge < -0.3 is 10.3 Å². The van der Waals surface area contributed by atoms with Gasteiger partial charge in [0.15, 0.2) is 0 Å². The van der Waals surface area contributed by atoms with Gasteiger partial charge in [-0.3, -0.25) is 9.80 Å². The predicted octanol–water partition coefficient (Wildman–Crippen LogP) is 4.04. The van der Waals surface area contributed by atoms with Gasteiger partial charge >= 0.3 is 0 Å². The van der Waals surface area contributed by atoms with Crippen LogP contribution in [-0.2, 0) is 19.4 Å². The van der Waals surface area contributed by atoms with Crippen molar-refractivity contribution in [3.63, 3.8) is 0 Å². The number of allylic oxidation sites excluding steroid dienone is 2. The number of hydrazine groups is 2. The zero-order chi connectivity index (χ0) is 21.4. The number of hydrogen-bond acceptors (Lipinski definition) is 4. The van der Waals surface area contributed by atoms with E-state index in [1.54, 1.807) is 0 Å². The number of nitrogens with one attached hydrogen (secondary N) is 2. The van der Waals surface area contributed by atoms with Crippen LogP contribution in [0.2, 0.25) is 0 Å². The van der Waals surface area contributed by atoms with Crippen molar-refractivity contribution in [3.8, 4) is 0 Å². The normalized spacial score (nSPS) is 19.7. The first-order valence-corrected chi connectivity index (χ1v) is 11.3. The van der Waals surface area contributed by atoms with Gasteiger partial charge in [0.25, 0.3) is 5.91 Å². The Labute approximate surface area is 184 Å². The molecule has 0 bridgehead atoms. The van der Waals surface area contributed by atoms with E-state index in [0.717, 1.165) is 42.6 Å². The summed E-state index contributed by atoms with van der Waals surface area (Å²) in [6.45, 7) is 5.72. The van der Waals surface area contributed by atoms with Gasteiger partial charge in [0.2, 0.25) is 0 Å². The molecular formula is C26H30N4O. The first-order chi connectivity index (χ1) is 15.1. The minimum Gasteiger partial charge on any atom is -0.329 e. The molecule has 2 aromatic carbocycles. The Morgan fingerprint density at radius 3 is 2.71 bits per heavy atom. The lowest BCUT2D eigenvalue weighted by Crippen LogP contribution is -2.51. The minimum atomic E-state index is 0.0860. The second-order valence-corrected chi connectivity index (χ2v) is 9.01. The molecule has 1 atom stereocenters. The van der Waals surface area contributed by atoms with Crippen LogP contribution in [0, 0.1) is 5.92 Å². The Balaban J connectivity index is 1.46. The summed E-state index contributed by atoms with van der Waals surface area (Å²) in [6.07, 6.45) is 9.34. The van der Waals surface area contributed by atoms with Gasteiger partial charge in [-0.05, 0) is 53.5 Å². The van der Waals surface area contributed by atoms with Gasteiger partial charge in [-0.25, -0.2) is 0 Å². The number of fused-ring (bicyclic) bond motifs is 2. The Bertz CT molecular complexity index is 1060. The summed E-state index contributed by atoms with van der Waals surface area (Å²) in [5, 5.41) is 2.08. The molecule has 0 aromatic heterocycles. The van der Waals surface area contributed by atoms with E-state index in [9.17, 15) is 4.79 Å². The van der Waals surface area contributed by atoms with E-state index in [2.05, 4.69) is 83.4 Å². The molecule has 31 heavy (non-hydrogen) atoms. The lowest BCUT2D eigenvalue weighted by Gasteiger charge is -2.39. The van der Waals surface area contributed by atoms with Gasteiger partial charge in [0.05, 0.1) is 12.6 Å². The Morgan fingerprint density at radius 1 is 1.10 bits per heavy atom. The van der Waals surface area contributed by atoms with E-state index in [1.807, 2.05) is 12.1 Å². The van der Waals surface area contributed by atoms with Crippen molar-refractivity contribution in [1.29, 1.82) is 0 Å². The monoisotopic (exact) mass is 414 g/mol. The van der Waals surface area contributed by atoms with Crippen LogP contribution in [0.3, 0.4) is 0 Å². The molecule has 2 aromatic rings. The zero-order valence-electron chi connectivity index (χ0n) is 18.3. The number of carbonyl (C=O) groups is 1. The summed E-state index contributed by atoms with van der Waals surface area (Å²) >= 11 is 0. The van der Waals surface area contributed by atoms with Gasteiger partial charge in [0, 0.05) is 24.0 Å². The molecule has 2 aliphatic heterocycles. The third-order valence-electron chi connectivity index (χ3n) is 6.58. The molecular weight excluding hydrogens is 384 g/mol. The Kier molecular flexibility index (Phi) is 5.28. The topological polar surface area (TPSA) is 47.6 Å². The maximum atomic E-state index is 13.9. The van der Waals surface area contributed by atoms with Crippen LogP contribution in [0.25, 0.3) is 6.08 Å². The highest BCUT2D eigenvalue weighted by atomic mass is 16.2. The summed E-state index contributed by atoms with van der Waals surface area (Å²) in [5.74, 6) is 0.549. The van der Waals surface area contributed by atoms with Crippen molar-refractivity contribution in [2.24, 2.45) is 5.92 Å². The molecule has 0 spiro atoms. The predicted molar refractivity (Wildman–Crippen MR) is 124 cm³/mol. The second kappa shape index (κ2) is 8.23. The molecule has 0 saturated heterocycles. The molecule has 2 heterocycles. The van der Waals surface area contributed by atoms with Crippen LogP contribution >= 0.6 is 0 Å². The van der Waals surface area contributed by atoms with Crippen molar-refractivity contribution < 1.29 is 4.79 Å². The van der Waals surface area contributed by atoms with Gasteiger partial charge in [-0.2, -0.15) is 0 Å². The maximum absolute atomic E-state index is 13.9. The van der Waals surface area contributed by atoms with Crippen molar-refractivity contribution in [2.45, 2.75) is 45.7 Å². The standard InChI is InChI=1S/C26H30N4O/c1-18(2)25-17-29(28-27-25)16-22-14-20-9-3-4-10-21(20)15-30(22)26(31)24-13-7-11-19-8-5-6-12-23(19)24/h3-4,6-7,9-13,17-18,22,27-28H,5,8,14-16H2,1-2H3/t22-/m0/s1. The average molecular weight is 415 g/mol. The Morgan fingerprint density at radius 2 is 1.90 bits per heavy atom. The smallest absolute Gasteiger partial charge is 0.255 e. The second-order valence-electron chi connectivity index (χ2n) is 9.01. The minimum absolute atomic E-state index is 0.0860. The van der Waals surface area contributed by atoms with E-state index in [0.29, 0.717) is 12.5 Å². The molecule has 1 amide bonds. The highest BCUT2D eigenvalue weighted by molar-refractivity contribution is 5.98. The van der Waals surface area contributed by atoms with Gasteiger partial charge in [0.1, 0.15) is 0 Å². The molecule has 0 saturated carbocycles. The number of nitrogens with zero attached hydrogens (tertiary/aromatic N) is 2. The molecule has 0 fully saturated rings. The van der Waals surface area contributed by atoms with Crippen molar-refractivity contribution in [3.05, 3.63) is 88.3 Å². The van der Waals surface area contributed by atoms with Crippen LogP contribution in [0.1, 0.15) is 52.9 Å². The van der Waals surface area contributed by atoms with Crippen LogP contribution in [-0.4, -0.2) is 28.4 Å². The lowest BCUT2D eigenvalue weighted by molar-refractivity contribution is 0.0580. The quantitative estimate of drug-likeness (QED) is 0.793. The maximum Gasteiger partial charge on any atom is 0.255 e. The fraction of sp³-hybridized carbons (Fsp3) is 0.346. The molecule has 160 valence electrons. The molecule has 0 radical (unpaired) electrons. The molecule has 5 heteroatoms. The summed E-state index contributed by atoms with van der Waals surface area (Å²) in [5.41, 5.74) is 13.5. The summed E-state index contributed by atoms with van der Waals surface area (Å²) in [6, 6.07) is 14.8. The number of benzene rings is 2. The van der Waals surface area contributed by atoms with E-state index in [1.165, 1.54) is 16.7 Å². The first-order valence-electron chi connectivity index (χ1n) is 11.3. The van der Waals surface area contributed by atoms with Crippen molar-refractivity contribution in [2.75, 3.05) is 6.54 Å². The SMILES string of the molecule is CC(C)C1=CN(C[C@@H]2Cc3ccccc3CN2C(=O)c2cccc3c2C=CCC3)NN1. The highest BCUT2D eigenvalue weighted by Crippen LogP contribution is 2.29. The summed E-state index contributed by atoms with van der Waals surface area (Å²) < 4.78 is 0. The van der Waals surface area contributed by atoms with E-state index < -0.39 is 0 Å². The molecule has 1 aliphatic carbocycles. The number of rotatable bonds is 4. The molecule has 0 unspecified atom stereocenters. The van der Waals surface area contributed by atoms with E-state index >= 15 is 0 Å². The Hall–Kier alpha value is -3.05. The van der Waals surface area contributed by atoms with Gasteiger partial charge in [-0.1, -0.05) is 62.4 Å². The van der Waals surface area contributed by atoms with Crippen LogP contribution in [0.4, 0.5) is 0 Å². The summed E-state index contributed by atoms with van der Waals surface area (Å²) in [4.78, 5) is 15.9. The van der Waals surface area contributed by atoms with Crippen LogP contribution < -0.4 is 11.0 Å². The first kappa shape index (κ1) is 19.9. The van der Waals surface area contributed by atoms with Crippen molar-refractivity contribution in [1.82, 2.24) is 20.9 Å². The number of amides is 1. The molecule has 5 nitrogen and oxygen atoms in total. The zero-order valence-corrected chi connectivity index (χ0v) is 18.3. The van der Waals surface area contributed by atoms with Crippen LogP contribution in [0.5, 0.6) is 0 Å². The fourth-order valence-electron chi connectivity index (χ4n) is 4.78. The summed E-state index contributed by atoms with van der Waals surface area (Å²) in [7, 11) is 0. The molecule has 2 N–H and O–H groups in total. The van der Waals surface area contributed by atoms with Gasteiger partial charge in [-0.15, -0.1) is 5.53 Å². The third-order valence-corrected chi connectivity index (χ3v) is 6.58. The highest BCUT2D eigenvalue weighted by Gasteiger charge is 2.33. The number of hydrogen-bond donors (Lipinski definition) is 2. The number of carbonyl (C=O) groups excluding carboxylic acids is 1. The number of aryl methyl sites for hydroxylation is 1. The van der Waals surface area contributed by atoms with Crippen molar-refractivity contribution >= 4 is 12.0 Å². The van der Waals surface area contributed by atoms with E-state index in [4.69, 9.17) is 0 Å². The average Bonchev–Trinajstić information content (AvgIpc) is 3.27. The van der Waals surface area contributed by atoms with E-state index in [-0.39, 0.29) is 11.9 Å². The lowest BCUT2D eigenvalue weighted by atomic mass is 9.90. The molecule has 3 aliphatic rings.